The predicted molar refractivity (Wildman–Crippen MR) is 136 cm³/mol. The zero-order chi connectivity index (χ0) is 23.7. The summed E-state index contributed by atoms with van der Waals surface area (Å²) in [6.45, 7) is 4.11. The van der Waals surface area contributed by atoms with Crippen LogP contribution >= 0.6 is 11.6 Å². The van der Waals surface area contributed by atoms with Gasteiger partial charge >= 0.3 is 0 Å². The van der Waals surface area contributed by atoms with Crippen molar-refractivity contribution in [3.63, 3.8) is 0 Å². The molecule has 0 saturated carbocycles. The van der Waals surface area contributed by atoms with Crippen LogP contribution in [0.3, 0.4) is 0 Å². The van der Waals surface area contributed by atoms with Crippen molar-refractivity contribution in [3.05, 3.63) is 93.7 Å². The summed E-state index contributed by atoms with van der Waals surface area (Å²) in [6, 6.07) is 21.9. The summed E-state index contributed by atoms with van der Waals surface area (Å²) < 4.78 is 13.1. The van der Waals surface area contributed by atoms with Crippen LogP contribution in [0, 0.1) is 0 Å². The quantitative estimate of drug-likeness (QED) is 0.264. The number of furan rings is 1. The SMILES string of the molecule is CC[C@H](C)Oc1ccc(C=Nn2c(-c3cc4cc(Cl)ccc4o3)nc3ccccc3c2=O)cc1. The maximum atomic E-state index is 13.3. The number of fused-ring (bicyclic) bond motifs is 2. The molecule has 0 N–H and O–H groups in total. The van der Waals surface area contributed by atoms with Crippen molar-refractivity contribution < 1.29 is 9.15 Å². The molecule has 2 aromatic heterocycles. The van der Waals surface area contributed by atoms with Gasteiger partial charge in [-0.1, -0.05) is 30.7 Å². The summed E-state index contributed by atoms with van der Waals surface area (Å²) in [5.74, 6) is 1.52. The lowest BCUT2D eigenvalue weighted by atomic mass is 10.2. The molecule has 0 saturated heterocycles. The minimum atomic E-state index is -0.285. The fourth-order valence-electron chi connectivity index (χ4n) is 3.59. The van der Waals surface area contributed by atoms with E-state index in [1.54, 1.807) is 42.6 Å². The zero-order valence-corrected chi connectivity index (χ0v) is 19.5. The molecule has 1 atom stereocenters. The Labute approximate surface area is 201 Å². The van der Waals surface area contributed by atoms with E-state index >= 15 is 0 Å². The van der Waals surface area contributed by atoms with Crippen LogP contribution in [0.15, 0.2) is 87.1 Å². The average Bonchev–Trinajstić information content (AvgIpc) is 3.27. The Morgan fingerprint density at radius 1 is 1.12 bits per heavy atom. The van der Waals surface area contributed by atoms with Crippen LogP contribution in [0.5, 0.6) is 5.75 Å². The summed E-state index contributed by atoms with van der Waals surface area (Å²) in [7, 11) is 0. The van der Waals surface area contributed by atoms with Gasteiger partial charge in [0.1, 0.15) is 11.3 Å². The van der Waals surface area contributed by atoms with Gasteiger partial charge in [0, 0.05) is 10.4 Å². The van der Waals surface area contributed by atoms with Crippen LogP contribution in [0.2, 0.25) is 5.02 Å². The summed E-state index contributed by atoms with van der Waals surface area (Å²) >= 11 is 6.13. The highest BCUT2D eigenvalue weighted by atomic mass is 35.5. The van der Waals surface area contributed by atoms with Crippen molar-refractivity contribution in [3.8, 4) is 17.3 Å². The molecule has 3 aromatic carbocycles. The first-order valence-corrected chi connectivity index (χ1v) is 11.4. The molecule has 7 heteroatoms. The first-order chi connectivity index (χ1) is 16.5. The van der Waals surface area contributed by atoms with Crippen molar-refractivity contribution in [1.82, 2.24) is 9.66 Å². The number of nitrogens with zero attached hydrogens (tertiary/aromatic N) is 3. The second kappa shape index (κ2) is 9.15. The standard InChI is InChI=1S/C27H22ClN3O3/c1-3-17(2)33-21-11-8-18(9-12-21)16-29-31-26(30-23-7-5-4-6-22(23)27(31)32)25-15-19-14-20(28)10-13-24(19)34-25/h4-17H,3H2,1-2H3/t17-/m0/s1. The second-order valence-electron chi connectivity index (χ2n) is 8.01. The van der Waals surface area contributed by atoms with Gasteiger partial charge in [-0.25, -0.2) is 4.98 Å². The van der Waals surface area contributed by atoms with Crippen LogP contribution in [0.1, 0.15) is 25.8 Å². The molecule has 0 aliphatic rings. The van der Waals surface area contributed by atoms with Gasteiger partial charge in [-0.3, -0.25) is 4.79 Å². The Balaban J connectivity index is 1.59. The van der Waals surface area contributed by atoms with Gasteiger partial charge in [-0.05, 0) is 79.6 Å². The van der Waals surface area contributed by atoms with Gasteiger partial charge in [0.2, 0.25) is 5.82 Å². The van der Waals surface area contributed by atoms with Gasteiger partial charge in [0.05, 0.1) is 23.2 Å². The molecule has 0 fully saturated rings. The van der Waals surface area contributed by atoms with Crippen molar-refractivity contribution in [1.29, 1.82) is 0 Å². The van der Waals surface area contributed by atoms with E-state index in [1.165, 1.54) is 4.68 Å². The number of ether oxygens (including phenoxy) is 1. The van der Waals surface area contributed by atoms with E-state index < -0.39 is 0 Å². The first-order valence-electron chi connectivity index (χ1n) is 11.0. The molecular weight excluding hydrogens is 450 g/mol. The average molecular weight is 472 g/mol. The van der Waals surface area contributed by atoms with E-state index in [2.05, 4.69) is 12.0 Å². The van der Waals surface area contributed by atoms with E-state index in [1.807, 2.05) is 43.3 Å². The molecule has 2 heterocycles. The lowest BCUT2D eigenvalue weighted by Crippen LogP contribution is -2.20. The van der Waals surface area contributed by atoms with Crippen LogP contribution in [-0.4, -0.2) is 22.0 Å². The normalized spacial score (nSPS) is 12.6. The Morgan fingerprint density at radius 2 is 1.91 bits per heavy atom. The maximum Gasteiger partial charge on any atom is 0.282 e. The topological polar surface area (TPSA) is 69.6 Å². The number of hydrogen-bond donors (Lipinski definition) is 0. The van der Waals surface area contributed by atoms with Crippen LogP contribution in [0.25, 0.3) is 33.5 Å². The van der Waals surface area contributed by atoms with Crippen molar-refractivity contribution >= 4 is 39.7 Å². The summed E-state index contributed by atoms with van der Waals surface area (Å²) in [4.78, 5) is 18.0. The number of aromatic nitrogens is 2. The Kier molecular flexibility index (Phi) is 5.90. The molecule has 5 aromatic rings. The van der Waals surface area contributed by atoms with Gasteiger partial charge in [-0.15, -0.1) is 0 Å². The minimum Gasteiger partial charge on any atom is -0.491 e. The molecule has 0 aliphatic heterocycles. The summed E-state index contributed by atoms with van der Waals surface area (Å²) in [5.41, 5.74) is 1.75. The molecule has 0 aliphatic carbocycles. The monoisotopic (exact) mass is 471 g/mol. The third-order valence-corrected chi connectivity index (χ3v) is 5.80. The number of benzene rings is 3. The van der Waals surface area contributed by atoms with E-state index in [9.17, 15) is 4.79 Å². The summed E-state index contributed by atoms with van der Waals surface area (Å²) in [6.07, 6.45) is 2.69. The third kappa shape index (κ3) is 4.32. The lowest BCUT2D eigenvalue weighted by Gasteiger charge is -2.12. The van der Waals surface area contributed by atoms with Crippen molar-refractivity contribution in [2.75, 3.05) is 0 Å². The lowest BCUT2D eigenvalue weighted by molar-refractivity contribution is 0.217. The molecule has 0 bridgehead atoms. The highest BCUT2D eigenvalue weighted by molar-refractivity contribution is 6.31. The highest BCUT2D eigenvalue weighted by Gasteiger charge is 2.16. The van der Waals surface area contributed by atoms with Crippen molar-refractivity contribution in [2.24, 2.45) is 5.10 Å². The molecule has 6 nitrogen and oxygen atoms in total. The third-order valence-electron chi connectivity index (χ3n) is 5.57. The van der Waals surface area contributed by atoms with E-state index in [0.29, 0.717) is 33.1 Å². The fourth-order valence-corrected chi connectivity index (χ4v) is 3.77. The van der Waals surface area contributed by atoms with E-state index in [4.69, 9.17) is 25.7 Å². The smallest absolute Gasteiger partial charge is 0.282 e. The van der Waals surface area contributed by atoms with Gasteiger partial charge in [-0.2, -0.15) is 9.78 Å². The number of halogens is 1. The van der Waals surface area contributed by atoms with Gasteiger partial charge in [0.25, 0.3) is 5.56 Å². The summed E-state index contributed by atoms with van der Waals surface area (Å²) in [5, 5.41) is 6.38. The molecule has 0 unspecified atom stereocenters. The van der Waals surface area contributed by atoms with Crippen LogP contribution in [0.4, 0.5) is 0 Å². The Bertz CT molecular complexity index is 1570. The molecule has 0 spiro atoms. The molecule has 5 rings (SSSR count). The Morgan fingerprint density at radius 3 is 2.71 bits per heavy atom. The van der Waals surface area contributed by atoms with Crippen molar-refractivity contribution in [2.45, 2.75) is 26.4 Å². The maximum absolute atomic E-state index is 13.3. The van der Waals surface area contributed by atoms with Crippen LogP contribution in [-0.2, 0) is 0 Å². The van der Waals surface area contributed by atoms with Crippen LogP contribution < -0.4 is 10.3 Å². The predicted octanol–water partition coefficient (Wildman–Crippen LogP) is 6.52. The highest BCUT2D eigenvalue weighted by Crippen LogP contribution is 2.29. The number of para-hydroxylation sites is 1. The van der Waals surface area contributed by atoms with Gasteiger partial charge < -0.3 is 9.15 Å². The molecule has 34 heavy (non-hydrogen) atoms. The second-order valence-corrected chi connectivity index (χ2v) is 8.45. The van der Waals surface area contributed by atoms with E-state index in [0.717, 1.165) is 23.1 Å². The zero-order valence-electron chi connectivity index (χ0n) is 18.7. The largest absolute Gasteiger partial charge is 0.491 e. The number of hydrogen-bond acceptors (Lipinski definition) is 5. The first kappa shape index (κ1) is 21.9. The molecule has 0 radical (unpaired) electrons. The number of rotatable bonds is 6. The van der Waals surface area contributed by atoms with Gasteiger partial charge in [0.15, 0.2) is 5.76 Å². The fraction of sp³-hybridized carbons (Fsp3) is 0.148. The Hall–Kier alpha value is -3.90. The molecule has 0 amide bonds. The minimum absolute atomic E-state index is 0.142. The molecular formula is C27H22ClN3O3. The van der Waals surface area contributed by atoms with E-state index in [-0.39, 0.29) is 11.7 Å². The molecule has 170 valence electrons.